The van der Waals surface area contributed by atoms with Gasteiger partial charge in [-0.15, -0.1) is 0 Å². The van der Waals surface area contributed by atoms with E-state index in [9.17, 15) is 13.2 Å². The van der Waals surface area contributed by atoms with Crippen LogP contribution < -0.4 is 10.1 Å². The minimum atomic E-state index is -3.79. The molecule has 0 atom stereocenters. The van der Waals surface area contributed by atoms with Crippen LogP contribution in [0.1, 0.15) is 51.2 Å². The largest absolute Gasteiger partial charge is 0.497 e. The molecule has 1 fully saturated rings. The molecule has 10 heteroatoms. The number of ether oxygens (including phenoxy) is 1. The van der Waals surface area contributed by atoms with E-state index < -0.39 is 10.0 Å². The fourth-order valence-electron chi connectivity index (χ4n) is 5.09. The summed E-state index contributed by atoms with van der Waals surface area (Å²) in [5, 5.41) is 3.27. The molecule has 0 bridgehead atoms. The lowest BCUT2D eigenvalue weighted by atomic mass is 10.1. The number of aliphatic imine (C=N–C) groups is 1. The average molecular weight is 565 g/mol. The quantitative estimate of drug-likeness (QED) is 0.379. The topological polar surface area (TPSA) is 104 Å². The Labute approximate surface area is 235 Å². The number of aryl methyl sites for hydroxylation is 2. The first-order chi connectivity index (χ1) is 19.2. The van der Waals surface area contributed by atoms with Gasteiger partial charge < -0.3 is 19.4 Å². The van der Waals surface area contributed by atoms with E-state index in [1.54, 1.807) is 51.1 Å². The van der Waals surface area contributed by atoms with Gasteiger partial charge in [0.1, 0.15) is 23.6 Å². The number of hydrogen-bond donors (Lipinski definition) is 1. The van der Waals surface area contributed by atoms with Crippen molar-refractivity contribution >= 4 is 21.8 Å². The first kappa shape index (κ1) is 27.9. The van der Waals surface area contributed by atoms with Crippen LogP contribution in [0.15, 0.2) is 63.0 Å². The van der Waals surface area contributed by atoms with E-state index in [4.69, 9.17) is 9.15 Å². The fourth-order valence-corrected chi connectivity index (χ4v) is 7.16. The molecular formula is C30H36N4O5S. The molecule has 0 spiro atoms. The molecule has 212 valence electrons. The minimum Gasteiger partial charge on any atom is -0.497 e. The maximum atomic E-state index is 13.8. The van der Waals surface area contributed by atoms with E-state index in [-0.39, 0.29) is 18.5 Å². The highest BCUT2D eigenvalue weighted by Gasteiger charge is 2.40. The number of methoxy groups -OCH3 is 1. The Hall–Kier alpha value is -3.63. The Kier molecular flexibility index (Phi) is 8.00. The zero-order valence-corrected chi connectivity index (χ0v) is 24.3. The Balaban J connectivity index is 1.24. The fraction of sp³-hybridized carbons (Fsp3) is 0.400. The van der Waals surface area contributed by atoms with Gasteiger partial charge in [0.15, 0.2) is 0 Å². The number of nitrogens with one attached hydrogen (secondary N) is 1. The van der Waals surface area contributed by atoms with E-state index in [1.165, 1.54) is 10.6 Å². The third kappa shape index (κ3) is 5.93. The van der Waals surface area contributed by atoms with E-state index in [1.807, 2.05) is 12.1 Å². The van der Waals surface area contributed by atoms with Crippen molar-refractivity contribution in [2.45, 2.75) is 50.6 Å². The van der Waals surface area contributed by atoms with Gasteiger partial charge in [0.05, 0.1) is 30.7 Å². The molecule has 0 saturated heterocycles. The van der Waals surface area contributed by atoms with Crippen LogP contribution in [0.4, 0.5) is 0 Å². The number of carbonyl (C=O) groups is 1. The molecule has 40 heavy (non-hydrogen) atoms. The molecule has 5 rings (SSSR count). The minimum absolute atomic E-state index is 0.0708. The maximum absolute atomic E-state index is 13.8. The molecule has 1 saturated carbocycles. The SMILES string of the molecule is COc1cc(C)c(S(=O)(=O)N(Cc2cc(C(=O)N(C)CCc3ccc(C4=NCCN4)cc3)co2)C2CC2)c(C)c1. The van der Waals surface area contributed by atoms with Crippen molar-refractivity contribution in [3.8, 4) is 5.75 Å². The van der Waals surface area contributed by atoms with Gasteiger partial charge >= 0.3 is 0 Å². The summed E-state index contributed by atoms with van der Waals surface area (Å²) in [4.78, 5) is 19.5. The lowest BCUT2D eigenvalue weighted by molar-refractivity contribution is 0.0796. The number of nitrogens with zero attached hydrogens (tertiary/aromatic N) is 3. The van der Waals surface area contributed by atoms with Gasteiger partial charge in [0, 0.05) is 31.7 Å². The lowest BCUT2D eigenvalue weighted by Crippen LogP contribution is -2.33. The Morgan fingerprint density at radius 1 is 1.12 bits per heavy atom. The second-order valence-corrected chi connectivity index (χ2v) is 12.3. The monoisotopic (exact) mass is 564 g/mol. The second-order valence-electron chi connectivity index (χ2n) is 10.5. The summed E-state index contributed by atoms with van der Waals surface area (Å²) in [5.41, 5.74) is 3.87. The summed E-state index contributed by atoms with van der Waals surface area (Å²) >= 11 is 0. The number of furan rings is 1. The highest BCUT2D eigenvalue weighted by atomic mass is 32.2. The van der Waals surface area contributed by atoms with Crippen LogP contribution in [-0.2, 0) is 23.0 Å². The summed E-state index contributed by atoms with van der Waals surface area (Å²) in [6.45, 7) is 5.84. The Morgan fingerprint density at radius 2 is 1.82 bits per heavy atom. The number of likely N-dealkylation sites (N-methyl/N-ethyl adjacent to an activating group) is 1. The standard InChI is InChI=1S/C30H36N4O5S/c1-20-15-26(38-4)16-21(2)28(20)40(36,37)34(25-9-10-25)18-27-17-24(19-39-27)30(35)33(3)14-11-22-5-7-23(8-6-22)29-31-12-13-32-29/h5-8,15-17,19,25H,9-14,18H2,1-4H3,(H,31,32). The van der Waals surface area contributed by atoms with Crippen LogP contribution in [0.5, 0.6) is 5.75 Å². The molecule has 2 heterocycles. The normalized spacial score (nSPS) is 15.2. The number of amidine groups is 1. The van der Waals surface area contributed by atoms with Gasteiger partial charge in [-0.3, -0.25) is 9.79 Å². The summed E-state index contributed by atoms with van der Waals surface area (Å²) in [6, 6.07) is 13.3. The van der Waals surface area contributed by atoms with Crippen molar-refractivity contribution in [2.24, 2.45) is 4.99 Å². The number of carbonyl (C=O) groups excluding carboxylic acids is 1. The van der Waals surface area contributed by atoms with Crippen LogP contribution in [0, 0.1) is 13.8 Å². The third-order valence-corrected chi connectivity index (χ3v) is 9.59. The van der Waals surface area contributed by atoms with E-state index >= 15 is 0 Å². The number of amides is 1. The highest BCUT2D eigenvalue weighted by Crippen LogP contribution is 2.36. The predicted molar refractivity (Wildman–Crippen MR) is 153 cm³/mol. The van der Waals surface area contributed by atoms with Crippen LogP contribution in [0.2, 0.25) is 0 Å². The van der Waals surface area contributed by atoms with Gasteiger partial charge in [-0.25, -0.2) is 8.42 Å². The molecule has 1 aliphatic heterocycles. The van der Waals surface area contributed by atoms with Crippen molar-refractivity contribution in [3.05, 3.63) is 82.3 Å². The number of benzene rings is 2. The zero-order chi connectivity index (χ0) is 28.4. The van der Waals surface area contributed by atoms with Crippen LogP contribution in [-0.4, -0.2) is 69.2 Å². The van der Waals surface area contributed by atoms with E-state index in [2.05, 4.69) is 22.4 Å². The highest BCUT2D eigenvalue weighted by molar-refractivity contribution is 7.89. The van der Waals surface area contributed by atoms with Gasteiger partial charge in [0.2, 0.25) is 10.0 Å². The molecule has 1 amide bonds. The smallest absolute Gasteiger partial charge is 0.256 e. The number of hydrogen-bond acceptors (Lipinski definition) is 7. The van der Waals surface area contributed by atoms with E-state index in [0.717, 1.165) is 42.9 Å². The van der Waals surface area contributed by atoms with Gasteiger partial charge in [0.25, 0.3) is 5.91 Å². The van der Waals surface area contributed by atoms with Crippen LogP contribution in [0.3, 0.4) is 0 Å². The molecular weight excluding hydrogens is 528 g/mol. The maximum Gasteiger partial charge on any atom is 0.256 e. The molecule has 3 aromatic rings. The Morgan fingerprint density at radius 3 is 2.42 bits per heavy atom. The van der Waals surface area contributed by atoms with Crippen molar-refractivity contribution < 1.29 is 22.4 Å². The first-order valence-electron chi connectivity index (χ1n) is 13.5. The second kappa shape index (κ2) is 11.5. The summed E-state index contributed by atoms with van der Waals surface area (Å²) in [7, 11) is -0.462. The molecule has 9 nitrogen and oxygen atoms in total. The van der Waals surface area contributed by atoms with Gasteiger partial charge in [-0.1, -0.05) is 24.3 Å². The lowest BCUT2D eigenvalue weighted by Gasteiger charge is -2.23. The summed E-state index contributed by atoms with van der Waals surface area (Å²) < 4.78 is 40.1. The number of rotatable bonds is 11. The average Bonchev–Trinajstić information content (AvgIpc) is 3.41. The molecule has 2 aliphatic rings. The van der Waals surface area contributed by atoms with Crippen molar-refractivity contribution in [2.75, 3.05) is 33.8 Å². The first-order valence-corrected chi connectivity index (χ1v) is 15.0. The Bertz CT molecular complexity index is 1500. The molecule has 2 aromatic carbocycles. The molecule has 0 radical (unpaired) electrons. The van der Waals surface area contributed by atoms with Gasteiger partial charge in [-0.2, -0.15) is 4.31 Å². The third-order valence-electron chi connectivity index (χ3n) is 7.39. The molecule has 1 aromatic heterocycles. The molecule has 0 unspecified atom stereocenters. The summed E-state index contributed by atoms with van der Waals surface area (Å²) in [5.74, 6) is 1.82. The van der Waals surface area contributed by atoms with Crippen LogP contribution >= 0.6 is 0 Å². The van der Waals surface area contributed by atoms with Crippen molar-refractivity contribution in [1.29, 1.82) is 0 Å². The molecule has 1 aliphatic carbocycles. The zero-order valence-electron chi connectivity index (χ0n) is 23.4. The van der Waals surface area contributed by atoms with Gasteiger partial charge in [-0.05, 0) is 68.0 Å². The van der Waals surface area contributed by atoms with Crippen LogP contribution in [0.25, 0.3) is 0 Å². The number of sulfonamides is 1. The van der Waals surface area contributed by atoms with Crippen molar-refractivity contribution in [3.63, 3.8) is 0 Å². The molecule has 1 N–H and O–H groups in total. The predicted octanol–water partition coefficient (Wildman–Crippen LogP) is 3.92. The van der Waals surface area contributed by atoms with Crippen molar-refractivity contribution in [1.82, 2.24) is 14.5 Å². The van der Waals surface area contributed by atoms with E-state index in [0.29, 0.717) is 46.1 Å². The summed E-state index contributed by atoms with van der Waals surface area (Å²) in [6.07, 6.45) is 3.73.